The molecule has 2 aromatic rings. The molecular weight excluding hydrogens is 310 g/mol. The third kappa shape index (κ3) is 5.16. The highest BCUT2D eigenvalue weighted by atomic mass is 32.2. The first kappa shape index (κ1) is 17.7. The maximum atomic E-state index is 12.3. The fourth-order valence-electron chi connectivity index (χ4n) is 2.54. The molecule has 0 radical (unpaired) electrons. The zero-order valence-corrected chi connectivity index (χ0v) is 14.6. The van der Waals surface area contributed by atoms with Gasteiger partial charge in [-0.1, -0.05) is 54.1 Å². The Balaban J connectivity index is 2.04. The highest BCUT2D eigenvalue weighted by Gasteiger charge is 2.17. The van der Waals surface area contributed by atoms with E-state index in [4.69, 9.17) is 4.74 Å². The number of nitrogens with one attached hydrogen (secondary N) is 1. The van der Waals surface area contributed by atoms with E-state index < -0.39 is 10.0 Å². The second-order valence-corrected chi connectivity index (χ2v) is 7.48. The summed E-state index contributed by atoms with van der Waals surface area (Å²) < 4.78 is 32.7. The summed E-state index contributed by atoms with van der Waals surface area (Å²) in [5, 5.41) is 0. The maximum absolute atomic E-state index is 12.3. The summed E-state index contributed by atoms with van der Waals surface area (Å²) in [5.41, 5.74) is 3.90. The molecule has 0 aromatic heterocycles. The Morgan fingerprint density at radius 1 is 1.09 bits per heavy atom. The number of sulfonamides is 1. The van der Waals surface area contributed by atoms with Crippen LogP contribution in [0, 0.1) is 13.8 Å². The van der Waals surface area contributed by atoms with Crippen LogP contribution < -0.4 is 4.72 Å². The van der Waals surface area contributed by atoms with E-state index in [1.165, 1.54) is 0 Å². The van der Waals surface area contributed by atoms with Crippen LogP contribution in [0.5, 0.6) is 0 Å². The first-order chi connectivity index (χ1) is 10.9. The number of aryl methyl sites for hydroxylation is 2. The topological polar surface area (TPSA) is 55.4 Å². The molecule has 0 heterocycles. The van der Waals surface area contributed by atoms with E-state index in [1.807, 2.05) is 62.4 Å². The van der Waals surface area contributed by atoms with Gasteiger partial charge in [0.05, 0.1) is 11.9 Å². The van der Waals surface area contributed by atoms with E-state index in [0.29, 0.717) is 0 Å². The summed E-state index contributed by atoms with van der Waals surface area (Å²) in [6, 6.07) is 15.3. The monoisotopic (exact) mass is 333 g/mol. The van der Waals surface area contributed by atoms with E-state index in [2.05, 4.69) is 4.72 Å². The summed E-state index contributed by atoms with van der Waals surface area (Å²) >= 11 is 0. The highest BCUT2D eigenvalue weighted by molar-refractivity contribution is 7.88. The van der Waals surface area contributed by atoms with Gasteiger partial charge >= 0.3 is 0 Å². The molecule has 0 saturated carbocycles. The van der Waals surface area contributed by atoms with Gasteiger partial charge in [0.1, 0.15) is 0 Å². The van der Waals surface area contributed by atoms with Gasteiger partial charge in [-0.3, -0.25) is 0 Å². The lowest BCUT2D eigenvalue weighted by Gasteiger charge is -2.18. The van der Waals surface area contributed by atoms with Gasteiger partial charge in [-0.15, -0.1) is 0 Å². The lowest BCUT2D eigenvalue weighted by molar-refractivity contribution is 0.107. The second kappa shape index (κ2) is 7.73. The van der Waals surface area contributed by atoms with Crippen molar-refractivity contribution in [3.63, 3.8) is 0 Å². The van der Waals surface area contributed by atoms with Crippen molar-refractivity contribution < 1.29 is 13.2 Å². The quantitative estimate of drug-likeness (QED) is 0.847. The fourth-order valence-corrected chi connectivity index (χ4v) is 3.67. The molecule has 2 rings (SSSR count). The average Bonchev–Trinajstić information content (AvgIpc) is 2.49. The van der Waals surface area contributed by atoms with Crippen molar-refractivity contribution in [2.45, 2.75) is 25.7 Å². The molecule has 0 amide bonds. The number of benzene rings is 2. The molecule has 0 bridgehead atoms. The van der Waals surface area contributed by atoms with Crippen LogP contribution in [-0.2, 0) is 20.5 Å². The highest BCUT2D eigenvalue weighted by Crippen LogP contribution is 2.20. The van der Waals surface area contributed by atoms with E-state index >= 15 is 0 Å². The van der Waals surface area contributed by atoms with E-state index in [0.717, 1.165) is 22.3 Å². The number of methoxy groups -OCH3 is 1. The van der Waals surface area contributed by atoms with Crippen LogP contribution in [0.1, 0.15) is 28.4 Å². The van der Waals surface area contributed by atoms with Crippen LogP contribution in [0.4, 0.5) is 0 Å². The van der Waals surface area contributed by atoms with Crippen molar-refractivity contribution >= 4 is 10.0 Å². The summed E-state index contributed by atoms with van der Waals surface area (Å²) in [6.45, 7) is 4.15. The number of hydrogen-bond donors (Lipinski definition) is 1. The van der Waals surface area contributed by atoms with Crippen LogP contribution in [0.15, 0.2) is 48.5 Å². The third-order valence-corrected chi connectivity index (χ3v) is 5.07. The van der Waals surface area contributed by atoms with Crippen molar-refractivity contribution in [1.82, 2.24) is 4.72 Å². The van der Waals surface area contributed by atoms with Crippen LogP contribution >= 0.6 is 0 Å². The van der Waals surface area contributed by atoms with Crippen LogP contribution in [0.3, 0.4) is 0 Å². The summed E-state index contributed by atoms with van der Waals surface area (Å²) in [6.07, 6.45) is -0.302. The van der Waals surface area contributed by atoms with Crippen molar-refractivity contribution in [3.8, 4) is 0 Å². The molecule has 0 aliphatic carbocycles. The molecule has 1 N–H and O–H groups in total. The van der Waals surface area contributed by atoms with Crippen molar-refractivity contribution in [2.24, 2.45) is 0 Å². The van der Waals surface area contributed by atoms with E-state index in [9.17, 15) is 8.42 Å². The van der Waals surface area contributed by atoms with Crippen molar-refractivity contribution in [3.05, 3.63) is 70.8 Å². The molecule has 4 nitrogen and oxygen atoms in total. The molecule has 1 atom stereocenters. The standard InChI is InChI=1S/C18H23NO3S/c1-14-7-6-9-16(11-14)13-23(20,21)19-12-18(22-3)17-10-5-4-8-15(17)2/h4-11,18-19H,12-13H2,1-3H3. The van der Waals surface area contributed by atoms with Gasteiger partial charge in [0.15, 0.2) is 0 Å². The Kier molecular flexibility index (Phi) is 5.93. The summed E-state index contributed by atoms with van der Waals surface area (Å²) in [7, 11) is -1.82. The van der Waals surface area contributed by atoms with Gasteiger partial charge in [0.2, 0.25) is 10.0 Å². The molecule has 124 valence electrons. The maximum Gasteiger partial charge on any atom is 0.215 e. The van der Waals surface area contributed by atoms with Gasteiger partial charge in [-0.25, -0.2) is 13.1 Å². The Labute approximate surface area is 138 Å². The van der Waals surface area contributed by atoms with E-state index in [-0.39, 0.29) is 18.4 Å². The Morgan fingerprint density at radius 2 is 1.83 bits per heavy atom. The molecular formula is C18H23NO3S. The number of ether oxygens (including phenoxy) is 1. The lowest BCUT2D eigenvalue weighted by atomic mass is 10.0. The smallest absolute Gasteiger partial charge is 0.215 e. The van der Waals surface area contributed by atoms with Gasteiger partial charge in [0.25, 0.3) is 0 Å². The first-order valence-corrected chi connectivity index (χ1v) is 9.18. The van der Waals surface area contributed by atoms with Crippen molar-refractivity contribution in [1.29, 1.82) is 0 Å². The minimum absolute atomic E-state index is 0.0289. The molecule has 1 unspecified atom stereocenters. The Morgan fingerprint density at radius 3 is 2.48 bits per heavy atom. The predicted octanol–water partition coefficient (Wildman–Crippen LogP) is 3.11. The number of hydrogen-bond acceptors (Lipinski definition) is 3. The van der Waals surface area contributed by atoms with E-state index in [1.54, 1.807) is 7.11 Å². The Bertz CT molecular complexity index is 756. The molecule has 0 aliphatic heterocycles. The SMILES string of the molecule is COC(CNS(=O)(=O)Cc1cccc(C)c1)c1ccccc1C. The molecule has 0 fully saturated rings. The normalized spacial score (nSPS) is 13.0. The largest absolute Gasteiger partial charge is 0.375 e. The van der Waals surface area contributed by atoms with Crippen LogP contribution in [0.2, 0.25) is 0 Å². The van der Waals surface area contributed by atoms with Crippen molar-refractivity contribution in [2.75, 3.05) is 13.7 Å². The molecule has 2 aromatic carbocycles. The predicted molar refractivity (Wildman–Crippen MR) is 92.7 cm³/mol. The van der Waals surface area contributed by atoms with Crippen LogP contribution in [0.25, 0.3) is 0 Å². The van der Waals surface area contributed by atoms with Gasteiger partial charge in [-0.05, 0) is 30.5 Å². The third-order valence-electron chi connectivity index (χ3n) is 3.75. The number of rotatable bonds is 7. The van der Waals surface area contributed by atoms with Crippen LogP contribution in [-0.4, -0.2) is 22.1 Å². The van der Waals surface area contributed by atoms with Gasteiger partial charge in [-0.2, -0.15) is 0 Å². The Hall–Kier alpha value is -1.69. The average molecular weight is 333 g/mol. The molecule has 0 spiro atoms. The molecule has 5 heteroatoms. The molecule has 0 aliphatic rings. The fraction of sp³-hybridized carbons (Fsp3) is 0.333. The minimum atomic E-state index is -3.41. The summed E-state index contributed by atoms with van der Waals surface area (Å²) in [4.78, 5) is 0. The first-order valence-electron chi connectivity index (χ1n) is 7.52. The minimum Gasteiger partial charge on any atom is -0.375 e. The zero-order valence-electron chi connectivity index (χ0n) is 13.7. The summed E-state index contributed by atoms with van der Waals surface area (Å²) in [5.74, 6) is -0.0289. The lowest BCUT2D eigenvalue weighted by Crippen LogP contribution is -2.30. The second-order valence-electron chi connectivity index (χ2n) is 5.68. The molecule has 0 saturated heterocycles. The zero-order chi connectivity index (χ0) is 16.9. The molecule has 23 heavy (non-hydrogen) atoms. The van der Waals surface area contributed by atoms with Gasteiger partial charge < -0.3 is 4.74 Å². The van der Waals surface area contributed by atoms with Gasteiger partial charge in [0, 0.05) is 13.7 Å².